The van der Waals surface area contributed by atoms with E-state index in [9.17, 15) is 4.79 Å². The molecular formula is C10H7N3OS. The molecule has 1 N–H and O–H groups in total. The number of aryl methyl sites for hydroxylation is 1. The van der Waals surface area contributed by atoms with Gasteiger partial charge in [-0.25, -0.2) is 9.97 Å². The minimum Gasteiger partial charge on any atom is -0.310 e. The molecule has 0 amide bonds. The van der Waals surface area contributed by atoms with Crippen LogP contribution in [0, 0.1) is 6.92 Å². The number of aromatic nitrogens is 3. The van der Waals surface area contributed by atoms with Crippen molar-refractivity contribution in [1.29, 1.82) is 0 Å². The van der Waals surface area contributed by atoms with Crippen LogP contribution in [0.25, 0.3) is 20.4 Å². The third-order valence-electron chi connectivity index (χ3n) is 2.22. The van der Waals surface area contributed by atoms with Gasteiger partial charge in [-0.1, -0.05) is 0 Å². The van der Waals surface area contributed by atoms with Crippen molar-refractivity contribution in [3.05, 3.63) is 34.5 Å². The molecule has 0 spiro atoms. The van der Waals surface area contributed by atoms with E-state index in [-0.39, 0.29) is 5.56 Å². The van der Waals surface area contributed by atoms with E-state index >= 15 is 0 Å². The van der Waals surface area contributed by atoms with Gasteiger partial charge < -0.3 is 4.98 Å². The number of nitrogens with one attached hydrogen (secondary N) is 1. The van der Waals surface area contributed by atoms with Crippen molar-refractivity contribution in [2.45, 2.75) is 6.92 Å². The van der Waals surface area contributed by atoms with Crippen LogP contribution in [-0.4, -0.2) is 15.0 Å². The SMILES string of the molecule is Cc1nc2c(sc3ncccc32)c(=O)[nH]1. The molecule has 3 aromatic heterocycles. The summed E-state index contributed by atoms with van der Waals surface area (Å²) in [6, 6.07) is 3.79. The van der Waals surface area contributed by atoms with Crippen molar-refractivity contribution >= 4 is 31.8 Å². The largest absolute Gasteiger partial charge is 0.310 e. The van der Waals surface area contributed by atoms with Crippen LogP contribution in [0.5, 0.6) is 0 Å². The van der Waals surface area contributed by atoms with E-state index in [0.29, 0.717) is 10.5 Å². The van der Waals surface area contributed by atoms with Crippen LogP contribution in [-0.2, 0) is 0 Å². The molecule has 3 heterocycles. The molecule has 0 aromatic carbocycles. The molecule has 0 aliphatic rings. The molecule has 0 unspecified atom stereocenters. The molecule has 3 rings (SSSR count). The first-order valence-corrected chi connectivity index (χ1v) is 5.31. The number of aromatic amines is 1. The van der Waals surface area contributed by atoms with Crippen LogP contribution in [0.3, 0.4) is 0 Å². The number of pyridine rings is 1. The van der Waals surface area contributed by atoms with Gasteiger partial charge in [0.1, 0.15) is 15.4 Å². The topological polar surface area (TPSA) is 58.6 Å². The molecule has 0 atom stereocenters. The number of thiophene rings is 1. The van der Waals surface area contributed by atoms with Gasteiger partial charge in [0.25, 0.3) is 5.56 Å². The molecule has 0 bridgehead atoms. The van der Waals surface area contributed by atoms with Crippen molar-refractivity contribution in [3.8, 4) is 0 Å². The van der Waals surface area contributed by atoms with Gasteiger partial charge in [-0.2, -0.15) is 0 Å². The number of rotatable bonds is 0. The molecule has 0 fully saturated rings. The van der Waals surface area contributed by atoms with E-state index in [1.807, 2.05) is 12.1 Å². The summed E-state index contributed by atoms with van der Waals surface area (Å²) >= 11 is 1.38. The molecule has 3 aromatic rings. The van der Waals surface area contributed by atoms with Crippen molar-refractivity contribution in [1.82, 2.24) is 15.0 Å². The molecule has 0 saturated carbocycles. The normalized spacial score (nSPS) is 11.3. The van der Waals surface area contributed by atoms with Crippen molar-refractivity contribution in [2.75, 3.05) is 0 Å². The van der Waals surface area contributed by atoms with Crippen LogP contribution in [0.1, 0.15) is 5.82 Å². The monoisotopic (exact) mass is 217 g/mol. The summed E-state index contributed by atoms with van der Waals surface area (Å²) in [5.41, 5.74) is 0.671. The molecule has 5 heteroatoms. The van der Waals surface area contributed by atoms with Gasteiger partial charge >= 0.3 is 0 Å². The van der Waals surface area contributed by atoms with Crippen molar-refractivity contribution in [2.24, 2.45) is 0 Å². The number of nitrogens with zero attached hydrogens (tertiary/aromatic N) is 2. The van der Waals surface area contributed by atoms with Crippen LogP contribution >= 0.6 is 11.3 Å². The summed E-state index contributed by atoms with van der Waals surface area (Å²) < 4.78 is 0.648. The highest BCUT2D eigenvalue weighted by Gasteiger charge is 2.09. The lowest BCUT2D eigenvalue weighted by Crippen LogP contribution is -2.07. The Hall–Kier alpha value is -1.75. The highest BCUT2D eigenvalue weighted by Crippen LogP contribution is 2.27. The predicted molar refractivity (Wildman–Crippen MR) is 60.3 cm³/mol. The third kappa shape index (κ3) is 1.16. The first kappa shape index (κ1) is 8.55. The number of hydrogen-bond donors (Lipinski definition) is 1. The van der Waals surface area contributed by atoms with Gasteiger partial charge in [0.05, 0.1) is 5.52 Å². The molecule has 0 aliphatic heterocycles. The zero-order chi connectivity index (χ0) is 10.4. The summed E-state index contributed by atoms with van der Waals surface area (Å²) in [7, 11) is 0. The maximum Gasteiger partial charge on any atom is 0.268 e. The molecule has 0 saturated heterocycles. The fraction of sp³-hybridized carbons (Fsp3) is 0.100. The molecule has 0 radical (unpaired) electrons. The summed E-state index contributed by atoms with van der Waals surface area (Å²) in [6.07, 6.45) is 1.72. The van der Waals surface area contributed by atoms with E-state index in [0.717, 1.165) is 15.7 Å². The smallest absolute Gasteiger partial charge is 0.268 e. The second-order valence-electron chi connectivity index (χ2n) is 3.29. The Morgan fingerprint density at radius 2 is 2.33 bits per heavy atom. The fourth-order valence-corrected chi connectivity index (χ4v) is 2.58. The Kier molecular flexibility index (Phi) is 1.63. The minimum atomic E-state index is -0.0829. The summed E-state index contributed by atoms with van der Waals surface area (Å²) in [5, 5.41) is 0.951. The Morgan fingerprint density at radius 3 is 3.20 bits per heavy atom. The molecule has 4 nitrogen and oxygen atoms in total. The van der Waals surface area contributed by atoms with Crippen LogP contribution in [0.2, 0.25) is 0 Å². The Labute approximate surface area is 88.6 Å². The maximum absolute atomic E-state index is 11.7. The lowest BCUT2D eigenvalue weighted by molar-refractivity contribution is 1.07. The van der Waals surface area contributed by atoms with Crippen LogP contribution in [0.15, 0.2) is 23.1 Å². The van der Waals surface area contributed by atoms with Gasteiger partial charge in [0, 0.05) is 11.6 Å². The summed E-state index contributed by atoms with van der Waals surface area (Å²) in [6.45, 7) is 1.78. The van der Waals surface area contributed by atoms with E-state index in [4.69, 9.17) is 0 Å². The van der Waals surface area contributed by atoms with Crippen LogP contribution in [0.4, 0.5) is 0 Å². The molecule has 0 aliphatic carbocycles. The average Bonchev–Trinajstić information content (AvgIpc) is 2.57. The zero-order valence-corrected chi connectivity index (χ0v) is 8.76. The van der Waals surface area contributed by atoms with Gasteiger partial charge in [0.2, 0.25) is 0 Å². The quantitative estimate of drug-likeness (QED) is 0.625. The Balaban J connectivity index is 2.67. The molecule has 15 heavy (non-hydrogen) atoms. The van der Waals surface area contributed by atoms with Gasteiger partial charge in [-0.3, -0.25) is 4.79 Å². The lowest BCUT2D eigenvalue weighted by Gasteiger charge is -1.92. The fourth-order valence-electron chi connectivity index (χ4n) is 1.60. The third-order valence-corrected chi connectivity index (χ3v) is 3.32. The highest BCUT2D eigenvalue weighted by atomic mass is 32.1. The first-order valence-electron chi connectivity index (χ1n) is 4.50. The standard InChI is InChI=1S/C10H7N3OS/c1-5-12-7-6-3-2-4-11-10(6)15-8(7)9(14)13-5/h2-4H,1H3,(H,12,13,14). The minimum absolute atomic E-state index is 0.0829. The van der Waals surface area contributed by atoms with Gasteiger partial charge in [0.15, 0.2) is 0 Å². The van der Waals surface area contributed by atoms with Crippen molar-refractivity contribution < 1.29 is 0 Å². The second kappa shape index (κ2) is 2.87. The van der Waals surface area contributed by atoms with E-state index < -0.39 is 0 Å². The highest BCUT2D eigenvalue weighted by molar-refractivity contribution is 7.25. The second-order valence-corrected chi connectivity index (χ2v) is 4.29. The Morgan fingerprint density at radius 1 is 1.47 bits per heavy atom. The maximum atomic E-state index is 11.7. The number of H-pyrrole nitrogens is 1. The van der Waals surface area contributed by atoms with E-state index in [2.05, 4.69) is 15.0 Å². The number of fused-ring (bicyclic) bond motifs is 3. The molecule has 74 valence electrons. The number of hydrogen-bond acceptors (Lipinski definition) is 4. The van der Waals surface area contributed by atoms with Gasteiger partial charge in [-0.05, 0) is 19.1 Å². The van der Waals surface area contributed by atoms with E-state index in [1.165, 1.54) is 11.3 Å². The summed E-state index contributed by atoms with van der Waals surface area (Å²) in [4.78, 5) is 23.8. The lowest BCUT2D eigenvalue weighted by atomic mass is 10.3. The first-order chi connectivity index (χ1) is 7.25. The average molecular weight is 217 g/mol. The molecular weight excluding hydrogens is 210 g/mol. The van der Waals surface area contributed by atoms with Crippen molar-refractivity contribution in [3.63, 3.8) is 0 Å². The van der Waals surface area contributed by atoms with Crippen LogP contribution < -0.4 is 5.56 Å². The van der Waals surface area contributed by atoms with Gasteiger partial charge in [-0.15, -0.1) is 11.3 Å². The van der Waals surface area contributed by atoms with E-state index in [1.54, 1.807) is 13.1 Å². The zero-order valence-electron chi connectivity index (χ0n) is 7.94. The summed E-state index contributed by atoms with van der Waals surface area (Å²) in [5.74, 6) is 0.635. The Bertz CT molecular complexity index is 713. The predicted octanol–water partition coefficient (Wildman–Crippen LogP) is 1.84.